The molecule has 2 unspecified atom stereocenters. The first-order valence-corrected chi connectivity index (χ1v) is 6.49. The van der Waals surface area contributed by atoms with E-state index in [9.17, 15) is 4.57 Å². The van der Waals surface area contributed by atoms with Crippen LogP contribution in [0.2, 0.25) is 0 Å². The molecule has 86 valence electrons. The third kappa shape index (κ3) is 5.73. The third-order valence-corrected chi connectivity index (χ3v) is 3.30. The van der Waals surface area contributed by atoms with Crippen LogP contribution in [0.15, 0.2) is 0 Å². The maximum atomic E-state index is 11.6. The van der Waals surface area contributed by atoms with Gasteiger partial charge in [-0.25, -0.2) is 0 Å². The smallest absolute Gasteiger partial charge is 0.355 e. The molecule has 0 rings (SSSR count). The van der Waals surface area contributed by atoms with Crippen molar-refractivity contribution in [3.63, 3.8) is 0 Å². The molecule has 0 aromatic heterocycles. The Morgan fingerprint density at radius 2 is 2.14 bits per heavy atom. The Labute approximate surface area is 85.1 Å². The van der Waals surface area contributed by atoms with Crippen LogP contribution in [0.3, 0.4) is 0 Å². The van der Waals surface area contributed by atoms with E-state index in [0.717, 1.165) is 6.42 Å². The summed E-state index contributed by atoms with van der Waals surface area (Å²) in [6.07, 6.45) is 0.339. The SMILES string of the molecule is CCC(C)COP(=O)(CO)OCCN. The Bertz CT molecular complexity index is 188. The zero-order chi connectivity index (χ0) is 11.0. The van der Waals surface area contributed by atoms with Crippen LogP contribution < -0.4 is 5.73 Å². The molecular weight excluding hydrogens is 205 g/mol. The third-order valence-electron chi connectivity index (χ3n) is 1.83. The first-order valence-electron chi connectivity index (χ1n) is 4.77. The fourth-order valence-electron chi connectivity index (χ4n) is 0.669. The van der Waals surface area contributed by atoms with Crippen molar-refractivity contribution < 1.29 is 18.7 Å². The highest BCUT2D eigenvalue weighted by Gasteiger charge is 2.23. The maximum absolute atomic E-state index is 11.6. The van der Waals surface area contributed by atoms with Gasteiger partial charge < -0.3 is 19.9 Å². The largest absolute Gasteiger partial charge is 0.384 e. The van der Waals surface area contributed by atoms with E-state index >= 15 is 0 Å². The summed E-state index contributed by atoms with van der Waals surface area (Å²) in [6, 6.07) is 0. The fourth-order valence-corrected chi connectivity index (χ4v) is 1.77. The second kappa shape index (κ2) is 7.37. The summed E-state index contributed by atoms with van der Waals surface area (Å²) < 4.78 is 21.6. The summed E-state index contributed by atoms with van der Waals surface area (Å²) in [5, 5.41) is 8.84. The van der Waals surface area contributed by atoms with Gasteiger partial charge in [0.15, 0.2) is 0 Å². The zero-order valence-corrected chi connectivity index (χ0v) is 9.70. The molecule has 0 fully saturated rings. The Balaban J connectivity index is 3.92. The van der Waals surface area contributed by atoms with E-state index < -0.39 is 13.9 Å². The molecule has 0 aromatic carbocycles. The van der Waals surface area contributed by atoms with Crippen molar-refractivity contribution >= 4 is 7.60 Å². The van der Waals surface area contributed by atoms with Crippen LogP contribution in [-0.2, 0) is 13.6 Å². The van der Waals surface area contributed by atoms with Crippen molar-refractivity contribution in [2.45, 2.75) is 20.3 Å². The molecule has 0 amide bonds. The Morgan fingerprint density at radius 3 is 2.57 bits per heavy atom. The lowest BCUT2D eigenvalue weighted by Crippen LogP contribution is -2.11. The van der Waals surface area contributed by atoms with Gasteiger partial charge in [0.25, 0.3) is 0 Å². The number of hydrogen-bond donors (Lipinski definition) is 2. The molecule has 14 heavy (non-hydrogen) atoms. The van der Waals surface area contributed by atoms with E-state index in [4.69, 9.17) is 19.9 Å². The first-order chi connectivity index (χ1) is 6.58. The van der Waals surface area contributed by atoms with Gasteiger partial charge in [0.1, 0.15) is 6.35 Å². The van der Waals surface area contributed by atoms with Gasteiger partial charge in [-0.2, -0.15) is 0 Å². The van der Waals surface area contributed by atoms with E-state index in [1.807, 2.05) is 13.8 Å². The quantitative estimate of drug-likeness (QED) is 0.606. The molecule has 0 radical (unpaired) electrons. The van der Waals surface area contributed by atoms with Gasteiger partial charge >= 0.3 is 7.60 Å². The average molecular weight is 225 g/mol. The van der Waals surface area contributed by atoms with E-state index in [1.54, 1.807) is 0 Å². The highest BCUT2D eigenvalue weighted by Crippen LogP contribution is 2.47. The lowest BCUT2D eigenvalue weighted by atomic mass is 10.1. The zero-order valence-electron chi connectivity index (χ0n) is 8.81. The molecule has 3 N–H and O–H groups in total. The molecule has 0 saturated carbocycles. The number of nitrogens with two attached hydrogens (primary N) is 1. The lowest BCUT2D eigenvalue weighted by Gasteiger charge is -2.17. The fraction of sp³-hybridized carbons (Fsp3) is 1.00. The van der Waals surface area contributed by atoms with Crippen molar-refractivity contribution in [1.82, 2.24) is 0 Å². The summed E-state index contributed by atoms with van der Waals surface area (Å²) >= 11 is 0. The summed E-state index contributed by atoms with van der Waals surface area (Å²) in [5.74, 6) is 0.302. The van der Waals surface area contributed by atoms with Gasteiger partial charge in [0.05, 0.1) is 13.2 Å². The molecule has 0 saturated heterocycles. The second-order valence-corrected chi connectivity index (χ2v) is 5.20. The molecule has 0 spiro atoms. The molecule has 0 aliphatic heterocycles. The molecule has 0 heterocycles. The first kappa shape index (κ1) is 14.1. The van der Waals surface area contributed by atoms with Crippen LogP contribution in [0.5, 0.6) is 0 Å². The van der Waals surface area contributed by atoms with E-state index in [1.165, 1.54) is 0 Å². The molecule has 2 atom stereocenters. The topological polar surface area (TPSA) is 81.8 Å². The number of hydrogen-bond acceptors (Lipinski definition) is 5. The van der Waals surface area contributed by atoms with Gasteiger partial charge in [-0.05, 0) is 5.92 Å². The number of aliphatic hydroxyl groups is 1. The average Bonchev–Trinajstić information content (AvgIpc) is 2.23. The van der Waals surface area contributed by atoms with Crippen molar-refractivity contribution in [2.24, 2.45) is 11.7 Å². The second-order valence-electron chi connectivity index (χ2n) is 3.18. The van der Waals surface area contributed by atoms with Gasteiger partial charge in [-0.1, -0.05) is 20.3 Å². The monoisotopic (exact) mass is 225 g/mol. The van der Waals surface area contributed by atoms with Crippen molar-refractivity contribution in [2.75, 3.05) is 26.1 Å². The van der Waals surface area contributed by atoms with Crippen LogP contribution in [0, 0.1) is 5.92 Å². The van der Waals surface area contributed by atoms with Gasteiger partial charge in [-0.15, -0.1) is 0 Å². The minimum absolute atomic E-state index is 0.137. The van der Waals surface area contributed by atoms with Gasteiger partial charge in [0, 0.05) is 6.54 Å². The number of rotatable bonds is 8. The van der Waals surface area contributed by atoms with E-state index in [-0.39, 0.29) is 13.2 Å². The summed E-state index contributed by atoms with van der Waals surface area (Å²) in [6.45, 7) is 4.72. The molecule has 0 aliphatic rings. The van der Waals surface area contributed by atoms with Gasteiger partial charge in [0.2, 0.25) is 0 Å². The highest BCUT2D eigenvalue weighted by atomic mass is 31.2. The minimum atomic E-state index is -3.31. The highest BCUT2D eigenvalue weighted by molar-refractivity contribution is 7.53. The van der Waals surface area contributed by atoms with Crippen LogP contribution >= 0.6 is 7.60 Å². The predicted molar refractivity (Wildman–Crippen MR) is 55.1 cm³/mol. The summed E-state index contributed by atoms with van der Waals surface area (Å²) in [4.78, 5) is 0. The summed E-state index contributed by atoms with van der Waals surface area (Å²) in [7, 11) is -3.31. The van der Waals surface area contributed by atoms with Crippen molar-refractivity contribution in [3.8, 4) is 0 Å². The molecule has 0 bridgehead atoms. The normalized spacial score (nSPS) is 17.7. The number of aliphatic hydroxyl groups excluding tert-OH is 1. The molecule has 5 nitrogen and oxygen atoms in total. The van der Waals surface area contributed by atoms with Crippen LogP contribution in [0.4, 0.5) is 0 Å². The van der Waals surface area contributed by atoms with Crippen LogP contribution in [0.1, 0.15) is 20.3 Å². The predicted octanol–water partition coefficient (Wildman–Crippen LogP) is 1.17. The minimum Gasteiger partial charge on any atom is -0.384 e. The van der Waals surface area contributed by atoms with Crippen molar-refractivity contribution in [1.29, 1.82) is 0 Å². The molecular formula is C8H20NO4P. The van der Waals surface area contributed by atoms with E-state index in [0.29, 0.717) is 12.5 Å². The van der Waals surface area contributed by atoms with Gasteiger partial charge in [-0.3, -0.25) is 4.57 Å². The Kier molecular flexibility index (Phi) is 7.41. The van der Waals surface area contributed by atoms with Crippen LogP contribution in [0.25, 0.3) is 0 Å². The van der Waals surface area contributed by atoms with Crippen LogP contribution in [-0.4, -0.2) is 31.2 Å². The Hall–Kier alpha value is 0.0700. The Morgan fingerprint density at radius 1 is 1.50 bits per heavy atom. The summed E-state index contributed by atoms with van der Waals surface area (Å²) in [5.41, 5.74) is 5.19. The van der Waals surface area contributed by atoms with E-state index in [2.05, 4.69) is 0 Å². The molecule has 0 aliphatic carbocycles. The van der Waals surface area contributed by atoms with Crippen molar-refractivity contribution in [3.05, 3.63) is 0 Å². The molecule has 0 aromatic rings. The standard InChI is InChI=1S/C8H20NO4P/c1-3-8(2)6-13-14(11,7-10)12-5-4-9/h8,10H,3-7,9H2,1-2H3. The maximum Gasteiger partial charge on any atom is 0.355 e. The lowest BCUT2D eigenvalue weighted by molar-refractivity contribution is 0.164. The molecule has 6 heteroatoms.